The lowest BCUT2D eigenvalue weighted by atomic mass is 9.94. The van der Waals surface area contributed by atoms with E-state index in [2.05, 4.69) is 19.2 Å². The first kappa shape index (κ1) is 15.8. The molecule has 4 heteroatoms. The molecule has 19 heavy (non-hydrogen) atoms. The lowest BCUT2D eigenvalue weighted by Crippen LogP contribution is -2.36. The van der Waals surface area contributed by atoms with E-state index < -0.39 is 0 Å². The van der Waals surface area contributed by atoms with Crippen LogP contribution in [0, 0.1) is 5.41 Å². The molecule has 0 saturated heterocycles. The number of benzene rings is 1. The molecule has 0 spiro atoms. The molecule has 0 radical (unpaired) electrons. The number of hydrogen-bond donors (Lipinski definition) is 2. The standard InChI is InChI=1S/C15H26N2O2/c1-15(2,10-16)11-17-8-7-12-5-6-13(18-3)9-14(12)19-4/h5-6,9,17H,7-8,10-11,16H2,1-4H3. The van der Waals surface area contributed by atoms with Crippen molar-refractivity contribution in [3.63, 3.8) is 0 Å². The molecular weight excluding hydrogens is 240 g/mol. The van der Waals surface area contributed by atoms with Gasteiger partial charge in [0.2, 0.25) is 0 Å². The van der Waals surface area contributed by atoms with Crippen molar-refractivity contribution in [2.75, 3.05) is 33.9 Å². The first-order valence-electron chi connectivity index (χ1n) is 6.64. The van der Waals surface area contributed by atoms with E-state index in [4.69, 9.17) is 15.2 Å². The van der Waals surface area contributed by atoms with Crippen molar-refractivity contribution in [3.05, 3.63) is 23.8 Å². The molecule has 1 aromatic carbocycles. The summed E-state index contributed by atoms with van der Waals surface area (Å²) in [5.41, 5.74) is 7.03. The summed E-state index contributed by atoms with van der Waals surface area (Å²) in [6.07, 6.45) is 0.924. The molecule has 0 aliphatic heterocycles. The van der Waals surface area contributed by atoms with Crippen LogP contribution in [0.3, 0.4) is 0 Å². The molecule has 4 nitrogen and oxygen atoms in total. The summed E-state index contributed by atoms with van der Waals surface area (Å²) < 4.78 is 10.6. The van der Waals surface area contributed by atoms with E-state index in [0.717, 1.165) is 31.0 Å². The Kier molecular flexibility index (Phi) is 6.12. The smallest absolute Gasteiger partial charge is 0.125 e. The SMILES string of the molecule is COc1ccc(CCNCC(C)(C)CN)c(OC)c1. The van der Waals surface area contributed by atoms with Crippen LogP contribution in [0.4, 0.5) is 0 Å². The normalized spacial score (nSPS) is 11.4. The Hall–Kier alpha value is -1.26. The average molecular weight is 266 g/mol. The second kappa shape index (κ2) is 7.36. The van der Waals surface area contributed by atoms with E-state index >= 15 is 0 Å². The molecule has 0 saturated carbocycles. The summed E-state index contributed by atoms with van der Waals surface area (Å²) in [5, 5.41) is 3.44. The zero-order valence-electron chi connectivity index (χ0n) is 12.5. The zero-order valence-corrected chi connectivity index (χ0v) is 12.5. The van der Waals surface area contributed by atoms with Gasteiger partial charge in [0.15, 0.2) is 0 Å². The molecular formula is C15H26N2O2. The molecule has 0 unspecified atom stereocenters. The first-order chi connectivity index (χ1) is 9.02. The third kappa shape index (κ3) is 5.09. The number of nitrogens with two attached hydrogens (primary N) is 1. The summed E-state index contributed by atoms with van der Waals surface area (Å²) >= 11 is 0. The Morgan fingerprint density at radius 2 is 1.95 bits per heavy atom. The van der Waals surface area contributed by atoms with E-state index in [1.54, 1.807) is 14.2 Å². The average Bonchev–Trinajstić information content (AvgIpc) is 2.43. The van der Waals surface area contributed by atoms with Crippen molar-refractivity contribution in [1.82, 2.24) is 5.32 Å². The maximum atomic E-state index is 5.70. The van der Waals surface area contributed by atoms with Crippen LogP contribution in [-0.4, -0.2) is 33.9 Å². The number of rotatable bonds is 8. The summed E-state index contributed by atoms with van der Waals surface area (Å²) in [7, 11) is 3.34. The van der Waals surface area contributed by atoms with Crippen molar-refractivity contribution in [2.45, 2.75) is 20.3 Å². The number of nitrogens with one attached hydrogen (secondary N) is 1. The zero-order chi connectivity index (χ0) is 14.3. The van der Waals surface area contributed by atoms with Crippen LogP contribution in [0.25, 0.3) is 0 Å². The maximum absolute atomic E-state index is 5.70. The fourth-order valence-electron chi connectivity index (χ4n) is 1.78. The molecule has 0 aliphatic carbocycles. The van der Waals surface area contributed by atoms with E-state index in [1.807, 2.05) is 18.2 Å². The topological polar surface area (TPSA) is 56.5 Å². The van der Waals surface area contributed by atoms with Gasteiger partial charge in [0, 0.05) is 12.6 Å². The Bertz CT molecular complexity index is 392. The van der Waals surface area contributed by atoms with Crippen molar-refractivity contribution in [3.8, 4) is 11.5 Å². The van der Waals surface area contributed by atoms with E-state index in [0.29, 0.717) is 6.54 Å². The molecule has 1 rings (SSSR count). The minimum Gasteiger partial charge on any atom is -0.497 e. The van der Waals surface area contributed by atoms with Crippen LogP contribution in [0.1, 0.15) is 19.4 Å². The number of methoxy groups -OCH3 is 2. The predicted molar refractivity (Wildman–Crippen MR) is 79.0 cm³/mol. The van der Waals surface area contributed by atoms with Gasteiger partial charge in [-0.3, -0.25) is 0 Å². The molecule has 0 bridgehead atoms. The molecule has 0 fully saturated rings. The maximum Gasteiger partial charge on any atom is 0.125 e. The van der Waals surface area contributed by atoms with E-state index in [-0.39, 0.29) is 5.41 Å². The molecule has 0 aromatic heterocycles. The lowest BCUT2D eigenvalue weighted by Gasteiger charge is -2.22. The van der Waals surface area contributed by atoms with Crippen molar-refractivity contribution in [2.24, 2.45) is 11.1 Å². The molecule has 0 amide bonds. The highest BCUT2D eigenvalue weighted by atomic mass is 16.5. The second-order valence-corrected chi connectivity index (χ2v) is 5.47. The van der Waals surface area contributed by atoms with Crippen LogP contribution in [-0.2, 0) is 6.42 Å². The van der Waals surface area contributed by atoms with Crippen LogP contribution >= 0.6 is 0 Å². The first-order valence-corrected chi connectivity index (χ1v) is 6.64. The molecule has 1 aromatic rings. The fraction of sp³-hybridized carbons (Fsp3) is 0.600. The van der Waals surface area contributed by atoms with Crippen LogP contribution in [0.15, 0.2) is 18.2 Å². The highest BCUT2D eigenvalue weighted by Crippen LogP contribution is 2.24. The summed E-state index contributed by atoms with van der Waals surface area (Å²) in [5.74, 6) is 1.69. The Balaban J connectivity index is 2.49. The minimum absolute atomic E-state index is 0.143. The highest BCUT2D eigenvalue weighted by molar-refractivity contribution is 5.40. The summed E-state index contributed by atoms with van der Waals surface area (Å²) in [6, 6.07) is 5.92. The van der Waals surface area contributed by atoms with Gasteiger partial charge in [-0.25, -0.2) is 0 Å². The summed E-state index contributed by atoms with van der Waals surface area (Å²) in [4.78, 5) is 0. The van der Waals surface area contributed by atoms with Gasteiger partial charge < -0.3 is 20.5 Å². The molecule has 0 heterocycles. The van der Waals surface area contributed by atoms with Gasteiger partial charge >= 0.3 is 0 Å². The second-order valence-electron chi connectivity index (χ2n) is 5.47. The minimum atomic E-state index is 0.143. The number of ether oxygens (including phenoxy) is 2. The largest absolute Gasteiger partial charge is 0.497 e. The highest BCUT2D eigenvalue weighted by Gasteiger charge is 2.14. The van der Waals surface area contributed by atoms with Crippen LogP contribution < -0.4 is 20.5 Å². The third-order valence-electron chi connectivity index (χ3n) is 3.22. The van der Waals surface area contributed by atoms with Gasteiger partial charge in [0.1, 0.15) is 11.5 Å². The van der Waals surface area contributed by atoms with Gasteiger partial charge in [0.05, 0.1) is 14.2 Å². The van der Waals surface area contributed by atoms with E-state index in [1.165, 1.54) is 5.56 Å². The van der Waals surface area contributed by atoms with Crippen molar-refractivity contribution >= 4 is 0 Å². The molecule has 0 aliphatic rings. The summed E-state index contributed by atoms with van der Waals surface area (Å²) in [6.45, 7) is 6.84. The Morgan fingerprint density at radius 3 is 2.53 bits per heavy atom. The van der Waals surface area contributed by atoms with Crippen molar-refractivity contribution < 1.29 is 9.47 Å². The van der Waals surface area contributed by atoms with Crippen LogP contribution in [0.5, 0.6) is 11.5 Å². The lowest BCUT2D eigenvalue weighted by molar-refractivity contribution is 0.352. The van der Waals surface area contributed by atoms with Crippen LogP contribution in [0.2, 0.25) is 0 Å². The quantitative estimate of drug-likeness (QED) is 0.705. The van der Waals surface area contributed by atoms with Gasteiger partial charge in [-0.15, -0.1) is 0 Å². The predicted octanol–water partition coefficient (Wildman–Crippen LogP) is 1.82. The molecule has 3 N–H and O–H groups in total. The van der Waals surface area contributed by atoms with Gasteiger partial charge in [0.25, 0.3) is 0 Å². The monoisotopic (exact) mass is 266 g/mol. The van der Waals surface area contributed by atoms with Gasteiger partial charge in [-0.1, -0.05) is 19.9 Å². The van der Waals surface area contributed by atoms with Gasteiger partial charge in [-0.05, 0) is 36.6 Å². The van der Waals surface area contributed by atoms with Crippen molar-refractivity contribution in [1.29, 1.82) is 0 Å². The number of hydrogen-bond acceptors (Lipinski definition) is 4. The Labute approximate surface area is 116 Å². The fourth-order valence-corrected chi connectivity index (χ4v) is 1.78. The van der Waals surface area contributed by atoms with E-state index in [9.17, 15) is 0 Å². The van der Waals surface area contributed by atoms with Gasteiger partial charge in [-0.2, -0.15) is 0 Å². The third-order valence-corrected chi connectivity index (χ3v) is 3.22. The molecule has 108 valence electrons. The Morgan fingerprint density at radius 1 is 1.21 bits per heavy atom. The molecule has 0 atom stereocenters.